The zero-order chi connectivity index (χ0) is 16.3. The van der Waals surface area contributed by atoms with Crippen molar-refractivity contribution in [1.82, 2.24) is 5.32 Å². The van der Waals surface area contributed by atoms with E-state index in [1.807, 2.05) is 0 Å². The lowest BCUT2D eigenvalue weighted by atomic mass is 10.1. The van der Waals surface area contributed by atoms with Crippen LogP contribution < -0.4 is 11.1 Å². The van der Waals surface area contributed by atoms with Gasteiger partial charge in [0.05, 0.1) is 0 Å². The van der Waals surface area contributed by atoms with E-state index in [9.17, 15) is 4.79 Å². The van der Waals surface area contributed by atoms with E-state index in [1.165, 1.54) is 83.5 Å². The van der Waals surface area contributed by atoms with Crippen molar-refractivity contribution in [2.24, 2.45) is 5.73 Å². The first-order valence-electron chi connectivity index (χ1n) is 9.45. The zero-order valence-corrected chi connectivity index (χ0v) is 14.7. The number of hydrogen-bond acceptors (Lipinski definition) is 1. The summed E-state index contributed by atoms with van der Waals surface area (Å²) < 4.78 is 0. The molecular weight excluding hydrogens is 272 g/mol. The van der Waals surface area contributed by atoms with E-state index in [1.54, 1.807) is 0 Å². The van der Waals surface area contributed by atoms with Gasteiger partial charge < -0.3 is 11.1 Å². The lowest BCUT2D eigenvalue weighted by molar-refractivity contribution is 0.248. The van der Waals surface area contributed by atoms with Crippen LogP contribution in [0, 0.1) is 0 Å². The molecule has 3 heteroatoms. The van der Waals surface area contributed by atoms with Gasteiger partial charge in [-0.2, -0.15) is 0 Å². The highest BCUT2D eigenvalue weighted by molar-refractivity contribution is 5.71. The molecule has 0 radical (unpaired) electrons. The van der Waals surface area contributed by atoms with Crippen LogP contribution >= 0.6 is 0 Å². The van der Waals surface area contributed by atoms with Crippen LogP contribution in [-0.4, -0.2) is 12.6 Å². The Kier molecular flexibility index (Phi) is 17.2. The maximum atomic E-state index is 10.5. The molecule has 0 atom stereocenters. The number of rotatable bonds is 16. The highest BCUT2D eigenvalue weighted by atomic mass is 16.2. The van der Waals surface area contributed by atoms with E-state index >= 15 is 0 Å². The summed E-state index contributed by atoms with van der Waals surface area (Å²) in [5, 5.41) is 2.62. The highest BCUT2D eigenvalue weighted by Gasteiger charge is 1.93. The minimum atomic E-state index is -0.409. The molecule has 0 spiro atoms. The topological polar surface area (TPSA) is 55.1 Å². The average Bonchev–Trinajstić information content (AvgIpc) is 2.50. The molecule has 0 fully saturated rings. The molecule has 0 aliphatic carbocycles. The van der Waals surface area contributed by atoms with Gasteiger partial charge >= 0.3 is 6.03 Å². The first-order chi connectivity index (χ1) is 10.8. The standard InChI is InChI=1S/C19H38N2O/c1-2-3-4-5-6-7-8-9-10-11-12-13-14-15-16-17-18-21-19(20)22/h9-10H,2-8,11-18H2,1H3,(H3,20,21,22). The van der Waals surface area contributed by atoms with Crippen molar-refractivity contribution >= 4 is 6.03 Å². The summed E-state index contributed by atoms with van der Waals surface area (Å²) in [6.07, 6.45) is 23.0. The van der Waals surface area contributed by atoms with Crippen molar-refractivity contribution in [2.75, 3.05) is 6.54 Å². The van der Waals surface area contributed by atoms with Crippen LogP contribution in [0.4, 0.5) is 4.79 Å². The fourth-order valence-corrected chi connectivity index (χ4v) is 2.58. The number of amides is 2. The summed E-state index contributed by atoms with van der Waals surface area (Å²) in [4.78, 5) is 10.5. The number of carbonyl (C=O) groups is 1. The Labute approximate surface area is 138 Å². The van der Waals surface area contributed by atoms with E-state index in [-0.39, 0.29) is 0 Å². The summed E-state index contributed by atoms with van der Waals surface area (Å²) in [6.45, 7) is 2.99. The van der Waals surface area contributed by atoms with Gasteiger partial charge in [-0.15, -0.1) is 0 Å². The summed E-state index contributed by atoms with van der Waals surface area (Å²) >= 11 is 0. The Bertz CT molecular complexity index is 264. The molecule has 0 heterocycles. The zero-order valence-electron chi connectivity index (χ0n) is 14.7. The third-order valence-corrected chi connectivity index (χ3v) is 3.99. The van der Waals surface area contributed by atoms with Crippen molar-refractivity contribution < 1.29 is 4.79 Å². The Balaban J connectivity index is 3.06. The Morgan fingerprint density at radius 2 is 1.23 bits per heavy atom. The number of unbranched alkanes of at least 4 members (excludes halogenated alkanes) is 12. The second kappa shape index (κ2) is 18.1. The SMILES string of the molecule is CCCCCCCCC=CCCCCCCCCNC(N)=O. The highest BCUT2D eigenvalue weighted by Crippen LogP contribution is 2.09. The number of allylic oxidation sites excluding steroid dienone is 2. The molecule has 0 bridgehead atoms. The molecule has 3 N–H and O–H groups in total. The number of primary amides is 1. The maximum absolute atomic E-state index is 10.5. The average molecular weight is 311 g/mol. The number of hydrogen-bond donors (Lipinski definition) is 2. The van der Waals surface area contributed by atoms with Crippen LogP contribution in [0.3, 0.4) is 0 Å². The van der Waals surface area contributed by atoms with Gasteiger partial charge in [0.1, 0.15) is 0 Å². The number of nitrogens with two attached hydrogens (primary N) is 1. The van der Waals surface area contributed by atoms with Gasteiger partial charge in [-0.05, 0) is 32.1 Å². The predicted octanol–water partition coefficient (Wildman–Crippen LogP) is 5.69. The van der Waals surface area contributed by atoms with Crippen molar-refractivity contribution in [3.8, 4) is 0 Å². The van der Waals surface area contributed by atoms with Crippen LogP contribution in [-0.2, 0) is 0 Å². The fourth-order valence-electron chi connectivity index (χ4n) is 2.58. The molecule has 0 unspecified atom stereocenters. The predicted molar refractivity (Wildman–Crippen MR) is 97.0 cm³/mol. The molecule has 0 aromatic heterocycles. The third kappa shape index (κ3) is 19.0. The first-order valence-corrected chi connectivity index (χ1v) is 9.45. The van der Waals surface area contributed by atoms with Crippen LogP contribution in [0.15, 0.2) is 12.2 Å². The Morgan fingerprint density at radius 3 is 1.73 bits per heavy atom. The normalized spacial score (nSPS) is 11.1. The molecule has 0 aliphatic rings. The van der Waals surface area contributed by atoms with Crippen molar-refractivity contribution in [2.45, 2.75) is 96.8 Å². The lowest BCUT2D eigenvalue weighted by Crippen LogP contribution is -2.29. The second-order valence-corrected chi connectivity index (χ2v) is 6.23. The smallest absolute Gasteiger partial charge is 0.312 e. The van der Waals surface area contributed by atoms with E-state index in [2.05, 4.69) is 24.4 Å². The minimum absolute atomic E-state index is 0.409. The van der Waals surface area contributed by atoms with E-state index < -0.39 is 6.03 Å². The molecular formula is C19H38N2O. The van der Waals surface area contributed by atoms with E-state index in [0.717, 1.165) is 13.0 Å². The lowest BCUT2D eigenvalue weighted by Gasteiger charge is -2.02. The molecule has 22 heavy (non-hydrogen) atoms. The van der Waals surface area contributed by atoms with Gasteiger partial charge in [0.25, 0.3) is 0 Å². The third-order valence-electron chi connectivity index (χ3n) is 3.99. The largest absolute Gasteiger partial charge is 0.352 e. The molecule has 0 rings (SSSR count). The van der Waals surface area contributed by atoms with E-state index in [0.29, 0.717) is 0 Å². The van der Waals surface area contributed by atoms with Crippen LogP contribution in [0.2, 0.25) is 0 Å². The summed E-state index contributed by atoms with van der Waals surface area (Å²) in [5.41, 5.74) is 5.00. The fraction of sp³-hybridized carbons (Fsp3) is 0.842. The molecule has 0 aliphatic heterocycles. The van der Waals surface area contributed by atoms with Gasteiger partial charge in [-0.3, -0.25) is 0 Å². The molecule has 0 saturated heterocycles. The van der Waals surface area contributed by atoms with Crippen molar-refractivity contribution in [1.29, 1.82) is 0 Å². The van der Waals surface area contributed by atoms with Gasteiger partial charge in [-0.25, -0.2) is 4.79 Å². The summed E-state index contributed by atoms with van der Waals surface area (Å²) in [5.74, 6) is 0. The van der Waals surface area contributed by atoms with Gasteiger partial charge in [0.2, 0.25) is 0 Å². The van der Waals surface area contributed by atoms with Gasteiger partial charge in [-0.1, -0.05) is 76.9 Å². The Morgan fingerprint density at radius 1 is 0.773 bits per heavy atom. The molecule has 0 saturated carbocycles. The Hall–Kier alpha value is -0.990. The summed E-state index contributed by atoms with van der Waals surface area (Å²) in [6, 6.07) is -0.409. The van der Waals surface area contributed by atoms with Crippen LogP contribution in [0.5, 0.6) is 0 Å². The molecule has 0 aromatic rings. The van der Waals surface area contributed by atoms with E-state index in [4.69, 9.17) is 5.73 Å². The quantitative estimate of drug-likeness (QED) is 0.279. The molecule has 0 aromatic carbocycles. The number of nitrogens with one attached hydrogen (secondary N) is 1. The molecule has 130 valence electrons. The van der Waals surface area contributed by atoms with Gasteiger partial charge in [0.15, 0.2) is 0 Å². The molecule has 2 amide bonds. The summed E-state index contributed by atoms with van der Waals surface area (Å²) in [7, 11) is 0. The monoisotopic (exact) mass is 310 g/mol. The van der Waals surface area contributed by atoms with Crippen molar-refractivity contribution in [3.63, 3.8) is 0 Å². The number of carbonyl (C=O) groups excluding carboxylic acids is 1. The van der Waals surface area contributed by atoms with Crippen molar-refractivity contribution in [3.05, 3.63) is 12.2 Å². The second-order valence-electron chi connectivity index (χ2n) is 6.23. The van der Waals surface area contributed by atoms with Gasteiger partial charge in [0, 0.05) is 6.54 Å². The first kappa shape index (κ1) is 21.0. The van der Waals surface area contributed by atoms with Crippen LogP contribution in [0.25, 0.3) is 0 Å². The van der Waals surface area contributed by atoms with Crippen LogP contribution in [0.1, 0.15) is 96.8 Å². The maximum Gasteiger partial charge on any atom is 0.312 e. The number of urea groups is 1. The minimum Gasteiger partial charge on any atom is -0.352 e. The molecule has 3 nitrogen and oxygen atoms in total.